The molecule has 5 heteroatoms. The van der Waals surface area contributed by atoms with E-state index in [0.717, 1.165) is 24.2 Å². The van der Waals surface area contributed by atoms with Crippen molar-refractivity contribution in [2.24, 2.45) is 5.73 Å². The number of hydrogen-bond acceptors (Lipinski definition) is 3. The maximum absolute atomic E-state index is 12.4. The first-order chi connectivity index (χ1) is 13.2. The first-order valence-electron chi connectivity index (χ1n) is 9.82. The number of methoxy groups -OCH3 is 1. The van der Waals surface area contributed by atoms with Gasteiger partial charge in [0, 0.05) is 6.54 Å². The number of amides is 2. The number of ether oxygens (including phenoxy) is 1. The number of nitrogens with two attached hydrogens (primary N) is 1. The summed E-state index contributed by atoms with van der Waals surface area (Å²) in [6.07, 6.45) is 1.73. The molecule has 1 heterocycles. The van der Waals surface area contributed by atoms with E-state index in [1.165, 1.54) is 11.1 Å². The summed E-state index contributed by atoms with van der Waals surface area (Å²) in [6, 6.07) is 16.3. The lowest BCUT2D eigenvalue weighted by Gasteiger charge is -2.34. The van der Waals surface area contributed by atoms with Crippen LogP contribution < -0.4 is 15.8 Å². The molecule has 0 bridgehead atoms. The van der Waals surface area contributed by atoms with Crippen molar-refractivity contribution in [2.45, 2.75) is 44.7 Å². The van der Waals surface area contributed by atoms with Gasteiger partial charge >= 0.3 is 6.03 Å². The van der Waals surface area contributed by atoms with Crippen molar-refractivity contribution in [1.29, 1.82) is 0 Å². The van der Waals surface area contributed by atoms with Gasteiger partial charge in [-0.05, 0) is 47.1 Å². The van der Waals surface area contributed by atoms with Crippen molar-refractivity contribution in [3.05, 3.63) is 65.2 Å². The SMILES string of the molecule is COc1ccc(CCCN2C(=O)NCC2(N)c2ccc(C(C)(C)C)cc2)cc1. The molecule has 28 heavy (non-hydrogen) atoms. The molecule has 0 saturated carbocycles. The Balaban J connectivity index is 1.69. The minimum absolute atomic E-state index is 0.0854. The van der Waals surface area contributed by atoms with E-state index in [4.69, 9.17) is 10.5 Å². The summed E-state index contributed by atoms with van der Waals surface area (Å²) in [5.41, 5.74) is 9.43. The Kier molecular flexibility index (Phi) is 5.66. The number of benzene rings is 2. The minimum Gasteiger partial charge on any atom is -0.497 e. The minimum atomic E-state index is -0.812. The van der Waals surface area contributed by atoms with E-state index in [0.29, 0.717) is 13.1 Å². The van der Waals surface area contributed by atoms with Crippen LogP contribution in [0.25, 0.3) is 0 Å². The van der Waals surface area contributed by atoms with Crippen LogP contribution in [0.1, 0.15) is 43.9 Å². The Bertz CT molecular complexity index is 809. The van der Waals surface area contributed by atoms with Gasteiger partial charge in [0.05, 0.1) is 13.7 Å². The molecule has 0 aliphatic carbocycles. The lowest BCUT2D eigenvalue weighted by atomic mass is 9.85. The molecule has 2 aromatic rings. The summed E-state index contributed by atoms with van der Waals surface area (Å²) in [5, 5.41) is 2.91. The van der Waals surface area contributed by atoms with E-state index in [1.54, 1.807) is 12.0 Å². The number of aryl methyl sites for hydroxylation is 1. The topological polar surface area (TPSA) is 67.6 Å². The molecule has 0 spiro atoms. The summed E-state index contributed by atoms with van der Waals surface area (Å²) < 4.78 is 5.20. The summed E-state index contributed by atoms with van der Waals surface area (Å²) in [4.78, 5) is 14.2. The van der Waals surface area contributed by atoms with Crippen LogP contribution in [0.15, 0.2) is 48.5 Å². The van der Waals surface area contributed by atoms with Crippen LogP contribution in [-0.4, -0.2) is 31.1 Å². The average Bonchev–Trinajstić information content (AvgIpc) is 2.97. The molecule has 0 radical (unpaired) electrons. The fourth-order valence-electron chi connectivity index (χ4n) is 3.63. The Hall–Kier alpha value is -2.53. The van der Waals surface area contributed by atoms with E-state index in [1.807, 2.05) is 12.1 Å². The van der Waals surface area contributed by atoms with E-state index in [2.05, 4.69) is 62.5 Å². The van der Waals surface area contributed by atoms with Crippen LogP contribution >= 0.6 is 0 Å². The fourth-order valence-corrected chi connectivity index (χ4v) is 3.63. The van der Waals surface area contributed by atoms with Crippen molar-refractivity contribution < 1.29 is 9.53 Å². The number of nitrogens with zero attached hydrogens (tertiary/aromatic N) is 1. The van der Waals surface area contributed by atoms with E-state index in [-0.39, 0.29) is 11.4 Å². The normalized spacial score (nSPS) is 19.6. The van der Waals surface area contributed by atoms with Gasteiger partial charge in [-0.1, -0.05) is 57.2 Å². The zero-order chi connectivity index (χ0) is 20.4. The maximum Gasteiger partial charge on any atom is 0.319 e. The van der Waals surface area contributed by atoms with Gasteiger partial charge in [-0.15, -0.1) is 0 Å². The predicted molar refractivity (Wildman–Crippen MR) is 112 cm³/mol. The number of carbonyl (C=O) groups is 1. The molecule has 1 unspecified atom stereocenters. The third-order valence-corrected chi connectivity index (χ3v) is 5.49. The van der Waals surface area contributed by atoms with Crippen molar-refractivity contribution in [3.8, 4) is 5.75 Å². The maximum atomic E-state index is 12.4. The molecular formula is C23H31N3O2. The van der Waals surface area contributed by atoms with Gasteiger partial charge in [0.25, 0.3) is 0 Å². The van der Waals surface area contributed by atoms with Gasteiger partial charge in [-0.3, -0.25) is 0 Å². The zero-order valence-corrected chi connectivity index (χ0v) is 17.3. The van der Waals surface area contributed by atoms with Crippen LogP contribution in [-0.2, 0) is 17.5 Å². The highest BCUT2D eigenvalue weighted by Crippen LogP contribution is 2.30. The second-order valence-corrected chi connectivity index (χ2v) is 8.51. The third-order valence-electron chi connectivity index (χ3n) is 5.49. The molecular weight excluding hydrogens is 350 g/mol. The quantitative estimate of drug-likeness (QED) is 0.800. The summed E-state index contributed by atoms with van der Waals surface area (Å²) >= 11 is 0. The van der Waals surface area contributed by atoms with Crippen LogP contribution in [0.2, 0.25) is 0 Å². The molecule has 1 atom stereocenters. The van der Waals surface area contributed by atoms with Crippen LogP contribution in [0, 0.1) is 0 Å². The number of carbonyl (C=O) groups excluding carboxylic acids is 1. The highest BCUT2D eigenvalue weighted by molar-refractivity contribution is 5.78. The van der Waals surface area contributed by atoms with Crippen molar-refractivity contribution in [2.75, 3.05) is 20.2 Å². The average molecular weight is 382 g/mol. The number of nitrogens with one attached hydrogen (secondary N) is 1. The standard InChI is InChI=1S/C23H31N3O2/c1-22(2,3)18-9-11-19(12-10-18)23(24)16-25-21(27)26(23)15-5-6-17-7-13-20(28-4)14-8-17/h7-14H,5-6,15-16,24H2,1-4H3,(H,25,27). The monoisotopic (exact) mass is 381 g/mol. The number of rotatable bonds is 6. The van der Waals surface area contributed by atoms with Crippen LogP contribution in [0.5, 0.6) is 5.75 Å². The van der Waals surface area contributed by atoms with Crippen molar-refractivity contribution in [3.63, 3.8) is 0 Å². The largest absolute Gasteiger partial charge is 0.497 e. The molecule has 3 rings (SSSR count). The molecule has 5 nitrogen and oxygen atoms in total. The summed E-state index contributed by atoms with van der Waals surface area (Å²) in [7, 11) is 1.66. The molecule has 2 aromatic carbocycles. The van der Waals surface area contributed by atoms with E-state index >= 15 is 0 Å². The predicted octanol–water partition coefficient (Wildman–Crippen LogP) is 3.76. The lowest BCUT2D eigenvalue weighted by molar-refractivity contribution is 0.158. The van der Waals surface area contributed by atoms with E-state index in [9.17, 15) is 4.79 Å². The van der Waals surface area contributed by atoms with Gasteiger partial charge < -0.3 is 20.7 Å². The Morgan fingerprint density at radius 2 is 1.75 bits per heavy atom. The zero-order valence-electron chi connectivity index (χ0n) is 17.3. The van der Waals surface area contributed by atoms with Gasteiger partial charge in [0.15, 0.2) is 0 Å². The second-order valence-electron chi connectivity index (χ2n) is 8.51. The molecule has 1 aliphatic rings. The summed E-state index contributed by atoms with van der Waals surface area (Å²) in [6.45, 7) is 7.59. The van der Waals surface area contributed by atoms with E-state index < -0.39 is 5.66 Å². The number of urea groups is 1. The first-order valence-corrected chi connectivity index (χ1v) is 9.82. The summed E-state index contributed by atoms with van der Waals surface area (Å²) in [5.74, 6) is 0.849. The Morgan fingerprint density at radius 1 is 1.11 bits per heavy atom. The van der Waals surface area contributed by atoms with Gasteiger partial charge in [0.2, 0.25) is 0 Å². The van der Waals surface area contributed by atoms with Gasteiger partial charge in [-0.2, -0.15) is 0 Å². The molecule has 1 fully saturated rings. The molecule has 1 aliphatic heterocycles. The molecule has 3 N–H and O–H groups in total. The molecule has 0 aromatic heterocycles. The molecule has 2 amide bonds. The fraction of sp³-hybridized carbons (Fsp3) is 0.435. The van der Waals surface area contributed by atoms with Crippen molar-refractivity contribution in [1.82, 2.24) is 10.2 Å². The Morgan fingerprint density at radius 3 is 2.32 bits per heavy atom. The van der Waals surface area contributed by atoms with Crippen LogP contribution in [0.3, 0.4) is 0 Å². The highest BCUT2D eigenvalue weighted by Gasteiger charge is 2.43. The van der Waals surface area contributed by atoms with Gasteiger partial charge in [0.1, 0.15) is 11.4 Å². The molecule has 150 valence electrons. The smallest absolute Gasteiger partial charge is 0.319 e. The van der Waals surface area contributed by atoms with Crippen molar-refractivity contribution >= 4 is 6.03 Å². The van der Waals surface area contributed by atoms with Gasteiger partial charge in [-0.25, -0.2) is 4.79 Å². The second kappa shape index (κ2) is 7.84. The third kappa shape index (κ3) is 4.14. The lowest BCUT2D eigenvalue weighted by Crippen LogP contribution is -2.52. The van der Waals surface area contributed by atoms with Crippen LogP contribution in [0.4, 0.5) is 4.79 Å². The highest BCUT2D eigenvalue weighted by atomic mass is 16.5. The number of hydrogen-bond donors (Lipinski definition) is 2. The first kappa shape index (κ1) is 20.2. The Labute approximate surface area is 167 Å². The molecule has 1 saturated heterocycles.